The second-order valence-corrected chi connectivity index (χ2v) is 15.4. The van der Waals surface area contributed by atoms with E-state index < -0.39 is 36.5 Å². The Labute approximate surface area is 353 Å². The zero-order valence-electron chi connectivity index (χ0n) is 36.6. The summed E-state index contributed by atoms with van der Waals surface area (Å²) in [5, 5.41) is 3.08. The molecule has 1 aromatic heterocycles. The molecule has 4 amide bonds. The second kappa shape index (κ2) is 28.9. The van der Waals surface area contributed by atoms with Gasteiger partial charge < -0.3 is 29.0 Å². The van der Waals surface area contributed by atoms with E-state index >= 15 is 0 Å². The van der Waals surface area contributed by atoms with Gasteiger partial charge in [0.25, 0.3) is 5.91 Å². The van der Waals surface area contributed by atoms with Crippen molar-refractivity contribution in [1.82, 2.24) is 15.1 Å². The highest BCUT2D eigenvalue weighted by Crippen LogP contribution is 2.24. The van der Waals surface area contributed by atoms with Gasteiger partial charge in [-0.25, -0.2) is 23.9 Å². The molecule has 1 aromatic carbocycles. The van der Waals surface area contributed by atoms with Crippen LogP contribution in [0.3, 0.4) is 0 Å². The third-order valence-electron chi connectivity index (χ3n) is 10.9. The summed E-state index contributed by atoms with van der Waals surface area (Å²) in [6.45, 7) is 7.21. The number of nitrogens with one attached hydrogen (secondary N) is 1. The van der Waals surface area contributed by atoms with Crippen LogP contribution >= 0.6 is 0 Å². The van der Waals surface area contributed by atoms with Crippen molar-refractivity contribution in [2.45, 2.75) is 168 Å². The van der Waals surface area contributed by atoms with Gasteiger partial charge in [-0.3, -0.25) is 9.69 Å². The third kappa shape index (κ3) is 17.4. The summed E-state index contributed by atoms with van der Waals surface area (Å²) < 4.78 is 29.9. The first-order valence-electron chi connectivity index (χ1n) is 22.3. The highest BCUT2D eigenvalue weighted by molar-refractivity contribution is 6.04. The van der Waals surface area contributed by atoms with Crippen molar-refractivity contribution in [1.29, 1.82) is 0 Å². The lowest BCUT2D eigenvalue weighted by atomic mass is 10.0. The molecule has 1 N–H and O–H groups in total. The third-order valence-corrected chi connectivity index (χ3v) is 10.9. The van der Waals surface area contributed by atoms with Gasteiger partial charge in [-0.1, -0.05) is 116 Å². The summed E-state index contributed by atoms with van der Waals surface area (Å²) in [4.78, 5) is 55.9. The zero-order chi connectivity index (χ0) is 42.7. The number of alkyl carbamates (subject to hydrolysis) is 1. The first-order chi connectivity index (χ1) is 28.8. The van der Waals surface area contributed by atoms with Crippen molar-refractivity contribution in [3.8, 4) is 5.75 Å². The minimum absolute atomic E-state index is 0.0211. The lowest BCUT2D eigenvalue weighted by molar-refractivity contribution is -0.701. The summed E-state index contributed by atoms with van der Waals surface area (Å²) in [6, 6.07) is 12.3. The minimum Gasteiger partial charge on any atom is -0.496 e. The van der Waals surface area contributed by atoms with Crippen LogP contribution in [0.1, 0.15) is 152 Å². The van der Waals surface area contributed by atoms with Gasteiger partial charge in [-0.2, -0.15) is 0 Å². The van der Waals surface area contributed by atoms with Gasteiger partial charge in [0, 0.05) is 38.2 Å². The Kier molecular flexibility index (Phi) is 24.0. The van der Waals surface area contributed by atoms with E-state index in [0.29, 0.717) is 31.7 Å². The number of pyridine rings is 1. The number of imide groups is 1. The van der Waals surface area contributed by atoms with Crippen LogP contribution in [0, 0.1) is 0 Å². The lowest BCUT2D eigenvalue weighted by Crippen LogP contribution is -2.54. The van der Waals surface area contributed by atoms with Crippen LogP contribution < -0.4 is 14.6 Å². The lowest BCUT2D eigenvalue weighted by Gasteiger charge is -2.38. The maximum absolute atomic E-state index is 13.7. The molecule has 0 aliphatic carbocycles. The monoisotopic (exact) mass is 826 g/mol. The molecular formula is C46H73N4O9+. The van der Waals surface area contributed by atoms with E-state index in [4.69, 9.17) is 23.7 Å². The Bertz CT molecular complexity index is 1520. The van der Waals surface area contributed by atoms with Crippen molar-refractivity contribution in [2.24, 2.45) is 0 Å². The van der Waals surface area contributed by atoms with Crippen molar-refractivity contribution >= 4 is 24.2 Å². The summed E-state index contributed by atoms with van der Waals surface area (Å²) in [7, 11) is 2.94. The Hall–Kier alpha value is -4.39. The van der Waals surface area contributed by atoms with Crippen LogP contribution in [0.2, 0.25) is 0 Å². The number of rotatable bonds is 27. The van der Waals surface area contributed by atoms with Crippen LogP contribution in [-0.2, 0) is 32.0 Å². The molecule has 1 saturated heterocycles. The quantitative estimate of drug-likeness (QED) is 0.0530. The van der Waals surface area contributed by atoms with E-state index in [9.17, 15) is 19.2 Å². The van der Waals surface area contributed by atoms with Crippen molar-refractivity contribution < 1.29 is 47.4 Å². The molecule has 1 fully saturated rings. The van der Waals surface area contributed by atoms with Gasteiger partial charge in [0.05, 0.1) is 25.9 Å². The first-order valence-corrected chi connectivity index (χ1v) is 22.3. The normalized spacial score (nSPS) is 15.6. The largest absolute Gasteiger partial charge is 0.496 e. The summed E-state index contributed by atoms with van der Waals surface area (Å²) >= 11 is 0. The molecule has 13 nitrogen and oxygen atoms in total. The Balaban J connectivity index is 1.43. The number of para-hydroxylation sites is 1. The number of carbonyl (C=O) groups is 4. The number of hydrogen-bond acceptors (Lipinski definition) is 9. The summed E-state index contributed by atoms with van der Waals surface area (Å²) in [5.41, 5.74) is 0.971. The average Bonchev–Trinajstić information content (AvgIpc) is 3.25. The molecule has 13 heteroatoms. The molecule has 3 atom stereocenters. The number of benzene rings is 1. The van der Waals surface area contributed by atoms with Gasteiger partial charge in [-0.15, -0.1) is 0 Å². The molecule has 2 aromatic rings. The van der Waals surface area contributed by atoms with Crippen LogP contribution in [-0.4, -0.2) is 86.3 Å². The van der Waals surface area contributed by atoms with E-state index in [1.807, 2.05) is 35.9 Å². The van der Waals surface area contributed by atoms with Gasteiger partial charge in [0.2, 0.25) is 5.69 Å². The van der Waals surface area contributed by atoms with Crippen molar-refractivity contribution in [2.75, 3.05) is 34.0 Å². The second-order valence-electron chi connectivity index (χ2n) is 15.4. The number of carbonyl (C=O) groups excluding carboxylic acids is 4. The Morgan fingerprint density at radius 3 is 2.12 bits per heavy atom. The van der Waals surface area contributed by atoms with Crippen molar-refractivity contribution in [3.63, 3.8) is 0 Å². The molecule has 1 aliphatic rings. The number of ether oxygens (including phenoxy) is 5. The van der Waals surface area contributed by atoms with E-state index in [1.54, 1.807) is 24.3 Å². The van der Waals surface area contributed by atoms with Gasteiger partial charge in [0.15, 0.2) is 12.4 Å². The van der Waals surface area contributed by atoms with E-state index in [1.165, 1.54) is 83.3 Å². The van der Waals surface area contributed by atoms with E-state index in [2.05, 4.69) is 19.2 Å². The maximum Gasteiger partial charge on any atom is 0.417 e. The molecule has 0 radical (unpaired) electrons. The first kappa shape index (κ1) is 49.0. The molecule has 330 valence electrons. The molecule has 2 unspecified atom stereocenters. The van der Waals surface area contributed by atoms with Gasteiger partial charge >= 0.3 is 18.3 Å². The molecular weight excluding hydrogens is 753 g/mol. The number of piperidine rings is 1. The van der Waals surface area contributed by atoms with Gasteiger partial charge in [-0.05, 0) is 44.7 Å². The molecule has 0 saturated carbocycles. The minimum atomic E-state index is -0.831. The predicted molar refractivity (Wildman–Crippen MR) is 227 cm³/mol. The number of unbranched alkanes of at least 4 members (excludes halogenated alkanes) is 11. The average molecular weight is 826 g/mol. The Morgan fingerprint density at radius 1 is 0.797 bits per heavy atom. The standard InChI is InChI=1S/C46H72N4O9/c1-6-9-10-11-12-13-14-15-16-17-18-19-27-37(26-7-2)47-44(52)59-41-31-24-33-49(43(41)56-5)45(53)57-34-25-35-58-46(54)50(36-38-28-22-23-32-48(38)8-3)42(51)39-29-20-21-30-40(39)55-4/h20-23,28-30,32,37,41,43H,6-19,24-27,31,33-36H2,1-5H3/p+1/t37?,41?,43-/m1/s1. The number of aryl methyl sites for hydroxylation is 1. The molecule has 2 heterocycles. The molecule has 0 spiro atoms. The summed E-state index contributed by atoms with van der Waals surface area (Å²) in [6.07, 6.45) is 18.1. The van der Waals surface area contributed by atoms with Crippen molar-refractivity contribution in [3.05, 3.63) is 59.9 Å². The number of likely N-dealkylation sites (tertiary alicyclic amines) is 1. The van der Waals surface area contributed by atoms with Gasteiger partial charge in [0.1, 0.15) is 24.9 Å². The summed E-state index contributed by atoms with van der Waals surface area (Å²) in [5.74, 6) is -0.225. The molecule has 1 aliphatic heterocycles. The fourth-order valence-electron chi connectivity index (χ4n) is 7.58. The van der Waals surface area contributed by atoms with Crippen LogP contribution in [0.5, 0.6) is 5.75 Å². The smallest absolute Gasteiger partial charge is 0.417 e. The maximum atomic E-state index is 13.7. The topological polar surface area (TPSA) is 137 Å². The predicted octanol–water partition coefficient (Wildman–Crippen LogP) is 9.73. The molecule has 0 bridgehead atoms. The number of amides is 4. The fourth-order valence-corrected chi connectivity index (χ4v) is 7.58. The SMILES string of the molecule is CCCCCCCCCCCCCCC(CCC)NC(=O)OC1CCCN(C(=O)OCCCOC(=O)N(Cc2cccc[n+]2CC)C(=O)c2ccccc2OC)[C@@H]1OC. The van der Waals surface area contributed by atoms with E-state index in [-0.39, 0.29) is 37.8 Å². The molecule has 3 rings (SSSR count). The van der Waals surface area contributed by atoms with E-state index in [0.717, 1.165) is 42.7 Å². The fraction of sp³-hybridized carbons (Fsp3) is 0.674. The number of aromatic nitrogens is 1. The zero-order valence-corrected chi connectivity index (χ0v) is 36.6. The number of nitrogens with zero attached hydrogens (tertiary/aromatic N) is 3. The van der Waals surface area contributed by atoms with Crippen LogP contribution in [0.25, 0.3) is 0 Å². The highest BCUT2D eigenvalue weighted by Gasteiger charge is 2.38. The number of hydrogen-bond donors (Lipinski definition) is 1. The van der Waals surface area contributed by atoms with Crippen LogP contribution in [0.4, 0.5) is 14.4 Å². The molecule has 59 heavy (non-hydrogen) atoms. The highest BCUT2D eigenvalue weighted by atomic mass is 16.6. The Morgan fingerprint density at radius 2 is 1.46 bits per heavy atom. The number of methoxy groups -OCH3 is 2. The van der Waals surface area contributed by atoms with Crippen LogP contribution in [0.15, 0.2) is 48.7 Å².